The van der Waals surface area contributed by atoms with Crippen LogP contribution in [0, 0.1) is 17.8 Å². The largest absolute Gasteiger partial charge is 0.317 e. The molecule has 0 spiro atoms. The van der Waals surface area contributed by atoms with Crippen LogP contribution in [0.25, 0.3) is 0 Å². The summed E-state index contributed by atoms with van der Waals surface area (Å²) < 4.78 is 0. The molecule has 3 atom stereocenters. The summed E-state index contributed by atoms with van der Waals surface area (Å²) in [6.45, 7) is 9.12. The summed E-state index contributed by atoms with van der Waals surface area (Å²) in [7, 11) is 0. The Bertz CT molecular complexity index is 416. The smallest absolute Gasteiger partial charge is 0.0408 e. The Labute approximate surface area is 129 Å². The van der Waals surface area contributed by atoms with Gasteiger partial charge in [0.2, 0.25) is 0 Å². The summed E-state index contributed by atoms with van der Waals surface area (Å²) in [6.07, 6.45) is 4.03. The van der Waals surface area contributed by atoms with E-state index in [4.69, 9.17) is 11.6 Å². The zero-order valence-corrected chi connectivity index (χ0v) is 13.8. The average molecular weight is 294 g/mol. The third-order valence-corrected chi connectivity index (χ3v) is 5.15. The van der Waals surface area contributed by atoms with Crippen LogP contribution in [0.1, 0.15) is 51.5 Å². The SMILES string of the molecule is CCNCC1CCC(C(C)C)CC1c1cccc(Cl)c1. The predicted octanol–water partition coefficient (Wildman–Crippen LogP) is 5.11. The highest BCUT2D eigenvalue weighted by atomic mass is 35.5. The van der Waals surface area contributed by atoms with Crippen molar-refractivity contribution in [2.45, 2.75) is 46.0 Å². The zero-order chi connectivity index (χ0) is 14.5. The van der Waals surface area contributed by atoms with Crippen molar-refractivity contribution in [3.05, 3.63) is 34.9 Å². The minimum absolute atomic E-state index is 0.661. The molecule has 0 radical (unpaired) electrons. The normalized spacial score (nSPS) is 26.9. The van der Waals surface area contributed by atoms with Crippen molar-refractivity contribution in [2.75, 3.05) is 13.1 Å². The lowest BCUT2D eigenvalue weighted by Gasteiger charge is -2.38. The maximum Gasteiger partial charge on any atom is 0.0408 e. The van der Waals surface area contributed by atoms with Crippen LogP contribution in [0.2, 0.25) is 5.02 Å². The van der Waals surface area contributed by atoms with Crippen LogP contribution >= 0.6 is 11.6 Å². The van der Waals surface area contributed by atoms with E-state index >= 15 is 0 Å². The summed E-state index contributed by atoms with van der Waals surface area (Å²) in [5, 5.41) is 4.42. The second-order valence-electron chi connectivity index (χ2n) is 6.55. The van der Waals surface area contributed by atoms with E-state index in [9.17, 15) is 0 Å². The van der Waals surface area contributed by atoms with E-state index in [1.807, 2.05) is 6.07 Å². The molecule has 3 unspecified atom stereocenters. The lowest BCUT2D eigenvalue weighted by Crippen LogP contribution is -2.33. The lowest BCUT2D eigenvalue weighted by molar-refractivity contribution is 0.191. The Morgan fingerprint density at radius 1 is 1.30 bits per heavy atom. The van der Waals surface area contributed by atoms with Crippen molar-refractivity contribution >= 4 is 11.6 Å². The van der Waals surface area contributed by atoms with E-state index in [2.05, 4.69) is 44.3 Å². The van der Waals surface area contributed by atoms with Gasteiger partial charge in [0.25, 0.3) is 0 Å². The van der Waals surface area contributed by atoms with Gasteiger partial charge >= 0.3 is 0 Å². The molecular weight excluding hydrogens is 266 g/mol. The van der Waals surface area contributed by atoms with Crippen LogP contribution in [0.15, 0.2) is 24.3 Å². The Morgan fingerprint density at radius 2 is 2.10 bits per heavy atom. The Balaban J connectivity index is 2.16. The molecule has 0 saturated heterocycles. The zero-order valence-electron chi connectivity index (χ0n) is 13.0. The lowest BCUT2D eigenvalue weighted by atomic mass is 9.68. The number of rotatable bonds is 5. The van der Waals surface area contributed by atoms with E-state index in [-0.39, 0.29) is 0 Å². The van der Waals surface area contributed by atoms with Gasteiger partial charge < -0.3 is 5.32 Å². The van der Waals surface area contributed by atoms with Crippen molar-refractivity contribution < 1.29 is 0 Å². The van der Waals surface area contributed by atoms with Gasteiger partial charge in [0.1, 0.15) is 0 Å². The summed E-state index contributed by atoms with van der Waals surface area (Å²) in [4.78, 5) is 0. The fraction of sp³-hybridized carbons (Fsp3) is 0.667. The molecule has 1 saturated carbocycles. The number of hydrogen-bond acceptors (Lipinski definition) is 1. The average Bonchev–Trinajstić information content (AvgIpc) is 2.44. The van der Waals surface area contributed by atoms with Crippen LogP contribution in [0.5, 0.6) is 0 Å². The van der Waals surface area contributed by atoms with E-state index in [1.54, 1.807) is 0 Å². The summed E-state index contributed by atoms with van der Waals surface area (Å²) >= 11 is 6.20. The van der Waals surface area contributed by atoms with Crippen LogP contribution in [0.3, 0.4) is 0 Å². The van der Waals surface area contributed by atoms with Gasteiger partial charge in [-0.1, -0.05) is 44.5 Å². The van der Waals surface area contributed by atoms with Gasteiger partial charge in [-0.3, -0.25) is 0 Å². The standard InChI is InChI=1S/C18H28ClN/c1-4-20-12-16-9-8-14(13(2)3)11-18(16)15-6-5-7-17(19)10-15/h5-7,10,13-14,16,18,20H,4,8-9,11-12H2,1-3H3. The molecule has 1 aliphatic rings. The third-order valence-electron chi connectivity index (χ3n) is 4.91. The topological polar surface area (TPSA) is 12.0 Å². The molecule has 2 rings (SSSR count). The van der Waals surface area contributed by atoms with Crippen molar-refractivity contribution in [3.63, 3.8) is 0 Å². The molecular formula is C18H28ClN. The Kier molecular flexibility index (Phi) is 5.92. The number of hydrogen-bond donors (Lipinski definition) is 1. The second-order valence-corrected chi connectivity index (χ2v) is 6.98. The highest BCUT2D eigenvalue weighted by Crippen LogP contribution is 2.43. The quantitative estimate of drug-likeness (QED) is 0.796. The first-order valence-corrected chi connectivity index (χ1v) is 8.45. The number of nitrogens with one attached hydrogen (secondary N) is 1. The summed E-state index contributed by atoms with van der Waals surface area (Å²) in [5.41, 5.74) is 1.44. The van der Waals surface area contributed by atoms with Crippen molar-refractivity contribution in [3.8, 4) is 0 Å². The number of benzene rings is 1. The van der Waals surface area contributed by atoms with E-state index < -0.39 is 0 Å². The maximum atomic E-state index is 6.20. The van der Waals surface area contributed by atoms with Gasteiger partial charge in [-0.15, -0.1) is 0 Å². The minimum atomic E-state index is 0.661. The summed E-state index contributed by atoms with van der Waals surface area (Å²) in [6, 6.07) is 8.51. The van der Waals surface area contributed by atoms with Gasteiger partial charge in [0.05, 0.1) is 0 Å². The molecule has 2 heteroatoms. The molecule has 1 nitrogen and oxygen atoms in total. The van der Waals surface area contributed by atoms with Crippen LogP contribution < -0.4 is 5.32 Å². The van der Waals surface area contributed by atoms with E-state index in [1.165, 1.54) is 24.8 Å². The Morgan fingerprint density at radius 3 is 2.75 bits per heavy atom. The minimum Gasteiger partial charge on any atom is -0.317 e. The molecule has 1 N–H and O–H groups in total. The highest BCUT2D eigenvalue weighted by Gasteiger charge is 2.32. The molecule has 0 aromatic heterocycles. The fourth-order valence-electron chi connectivity index (χ4n) is 3.59. The third kappa shape index (κ3) is 3.99. The van der Waals surface area contributed by atoms with E-state index in [0.29, 0.717) is 5.92 Å². The van der Waals surface area contributed by atoms with Gasteiger partial charge in [-0.25, -0.2) is 0 Å². The van der Waals surface area contributed by atoms with Gasteiger partial charge in [-0.05, 0) is 73.7 Å². The van der Waals surface area contributed by atoms with Gasteiger partial charge in [-0.2, -0.15) is 0 Å². The van der Waals surface area contributed by atoms with E-state index in [0.717, 1.165) is 35.9 Å². The van der Waals surface area contributed by atoms with Crippen molar-refractivity contribution in [1.82, 2.24) is 5.32 Å². The monoisotopic (exact) mass is 293 g/mol. The van der Waals surface area contributed by atoms with Crippen LogP contribution in [0.4, 0.5) is 0 Å². The fourth-order valence-corrected chi connectivity index (χ4v) is 3.79. The molecule has 1 aromatic carbocycles. The maximum absolute atomic E-state index is 6.20. The molecule has 112 valence electrons. The first kappa shape index (κ1) is 15.9. The van der Waals surface area contributed by atoms with Gasteiger partial charge in [0.15, 0.2) is 0 Å². The molecule has 0 aliphatic heterocycles. The molecule has 20 heavy (non-hydrogen) atoms. The molecule has 1 aliphatic carbocycles. The van der Waals surface area contributed by atoms with Crippen LogP contribution in [-0.4, -0.2) is 13.1 Å². The van der Waals surface area contributed by atoms with Gasteiger partial charge in [0, 0.05) is 5.02 Å². The molecule has 0 bridgehead atoms. The van der Waals surface area contributed by atoms with Crippen molar-refractivity contribution in [1.29, 1.82) is 0 Å². The molecule has 1 fully saturated rings. The van der Waals surface area contributed by atoms with Crippen molar-refractivity contribution in [2.24, 2.45) is 17.8 Å². The second kappa shape index (κ2) is 7.47. The molecule has 0 amide bonds. The molecule has 1 aromatic rings. The Hall–Kier alpha value is -0.530. The summed E-state index contributed by atoms with van der Waals surface area (Å²) in [5.74, 6) is 3.06. The molecule has 0 heterocycles. The first-order valence-electron chi connectivity index (χ1n) is 8.08. The number of halogens is 1. The highest BCUT2D eigenvalue weighted by molar-refractivity contribution is 6.30. The van der Waals surface area contributed by atoms with Crippen LogP contribution in [-0.2, 0) is 0 Å². The predicted molar refractivity (Wildman–Crippen MR) is 88.4 cm³/mol. The first-order chi connectivity index (χ1) is 9.61.